The summed E-state index contributed by atoms with van der Waals surface area (Å²) < 4.78 is 50.7. The zero-order valence-electron chi connectivity index (χ0n) is 14.7. The van der Waals surface area contributed by atoms with Crippen molar-refractivity contribution < 1.29 is 27.1 Å². The summed E-state index contributed by atoms with van der Waals surface area (Å²) in [7, 11) is -1.40. The van der Waals surface area contributed by atoms with Crippen molar-refractivity contribution in [2.75, 3.05) is 19.5 Å². The van der Waals surface area contributed by atoms with E-state index in [2.05, 4.69) is 10.0 Å². The Bertz CT molecular complexity index is 952. The van der Waals surface area contributed by atoms with Crippen LogP contribution in [0.5, 0.6) is 11.5 Å². The van der Waals surface area contributed by atoms with Gasteiger partial charge in [0.05, 0.1) is 31.0 Å². The largest absolute Gasteiger partial charge is 0.495 e. The third-order valence-electron chi connectivity index (χ3n) is 3.58. The molecular formula is C17H18ClFN2O5S. The van der Waals surface area contributed by atoms with Crippen molar-refractivity contribution in [3.05, 3.63) is 47.2 Å². The van der Waals surface area contributed by atoms with Gasteiger partial charge in [-0.05, 0) is 25.1 Å². The van der Waals surface area contributed by atoms with Crippen LogP contribution in [0, 0.1) is 5.82 Å². The molecule has 0 aliphatic rings. The van der Waals surface area contributed by atoms with E-state index in [1.807, 2.05) is 0 Å². The fraction of sp³-hybridized carbons (Fsp3) is 0.235. The highest BCUT2D eigenvalue weighted by Crippen LogP contribution is 2.35. The van der Waals surface area contributed by atoms with Crippen molar-refractivity contribution in [3.63, 3.8) is 0 Å². The van der Waals surface area contributed by atoms with E-state index in [9.17, 15) is 17.6 Å². The lowest BCUT2D eigenvalue weighted by Crippen LogP contribution is -2.41. The standard InChI is InChI=1S/C17H18ClFN2O5S/c1-10(21-27(23,24)16-7-5-4-6-12(16)19)17(22)20-13-8-11(18)14(25-2)9-15(13)26-3/h4-10,21H,1-3H3,(H,20,22)/t10-/m1/s1. The van der Waals surface area contributed by atoms with Gasteiger partial charge in [-0.3, -0.25) is 4.79 Å². The van der Waals surface area contributed by atoms with Crippen LogP contribution in [0.2, 0.25) is 5.02 Å². The predicted molar refractivity (Wildman–Crippen MR) is 99.4 cm³/mol. The van der Waals surface area contributed by atoms with Gasteiger partial charge < -0.3 is 14.8 Å². The molecule has 0 bridgehead atoms. The number of methoxy groups -OCH3 is 2. The van der Waals surface area contributed by atoms with Crippen molar-refractivity contribution >= 4 is 33.2 Å². The Morgan fingerprint density at radius 3 is 2.37 bits per heavy atom. The summed E-state index contributed by atoms with van der Waals surface area (Å²) in [5, 5.41) is 2.75. The van der Waals surface area contributed by atoms with E-state index in [4.69, 9.17) is 21.1 Å². The molecule has 2 aromatic rings. The lowest BCUT2D eigenvalue weighted by atomic mass is 10.2. The second kappa shape index (κ2) is 8.55. The predicted octanol–water partition coefficient (Wildman–Crippen LogP) is 2.80. The highest BCUT2D eigenvalue weighted by Gasteiger charge is 2.25. The zero-order chi connectivity index (χ0) is 20.2. The summed E-state index contributed by atoms with van der Waals surface area (Å²) in [6.07, 6.45) is 0. The molecular weight excluding hydrogens is 399 g/mol. The first-order valence-electron chi connectivity index (χ1n) is 7.69. The maximum Gasteiger partial charge on any atom is 0.244 e. The monoisotopic (exact) mass is 416 g/mol. The van der Waals surface area contributed by atoms with Gasteiger partial charge in [0.2, 0.25) is 15.9 Å². The highest BCUT2D eigenvalue weighted by molar-refractivity contribution is 7.89. The number of hydrogen-bond acceptors (Lipinski definition) is 5. The summed E-state index contributed by atoms with van der Waals surface area (Å²) in [6, 6.07) is 6.57. The summed E-state index contributed by atoms with van der Waals surface area (Å²) in [5.74, 6) is -0.982. The van der Waals surface area contributed by atoms with Crippen molar-refractivity contribution in [3.8, 4) is 11.5 Å². The second-order valence-electron chi connectivity index (χ2n) is 5.45. The smallest absolute Gasteiger partial charge is 0.244 e. The number of ether oxygens (including phenoxy) is 2. The minimum atomic E-state index is -4.23. The Balaban J connectivity index is 2.19. The summed E-state index contributed by atoms with van der Waals surface area (Å²) >= 11 is 6.04. The van der Waals surface area contributed by atoms with Crippen LogP contribution in [-0.4, -0.2) is 34.6 Å². The molecule has 146 valence electrons. The van der Waals surface area contributed by atoms with Crippen molar-refractivity contribution in [2.24, 2.45) is 0 Å². The SMILES string of the molecule is COc1cc(OC)c(NC(=O)[C@@H](C)NS(=O)(=O)c2ccccc2F)cc1Cl. The normalized spacial score (nSPS) is 12.3. The van der Waals surface area contributed by atoms with Gasteiger partial charge >= 0.3 is 0 Å². The van der Waals surface area contributed by atoms with Gasteiger partial charge in [-0.15, -0.1) is 0 Å². The fourth-order valence-corrected chi connectivity index (χ4v) is 3.73. The first-order valence-corrected chi connectivity index (χ1v) is 9.55. The molecule has 0 aliphatic heterocycles. The number of halogens is 2. The molecule has 2 aromatic carbocycles. The van der Waals surface area contributed by atoms with Crippen LogP contribution in [0.3, 0.4) is 0 Å². The van der Waals surface area contributed by atoms with Crippen LogP contribution in [0.15, 0.2) is 41.3 Å². The molecule has 10 heteroatoms. The van der Waals surface area contributed by atoms with E-state index in [-0.39, 0.29) is 16.5 Å². The average Bonchev–Trinajstić information content (AvgIpc) is 2.61. The minimum Gasteiger partial charge on any atom is -0.495 e. The lowest BCUT2D eigenvalue weighted by molar-refractivity contribution is -0.117. The number of nitrogens with one attached hydrogen (secondary N) is 2. The summed E-state index contributed by atoms with van der Waals surface area (Å²) in [5.41, 5.74) is 0.227. The molecule has 0 aliphatic carbocycles. The number of hydrogen-bond donors (Lipinski definition) is 2. The quantitative estimate of drug-likeness (QED) is 0.723. The third kappa shape index (κ3) is 4.88. The maximum atomic E-state index is 13.7. The highest BCUT2D eigenvalue weighted by atomic mass is 35.5. The third-order valence-corrected chi connectivity index (χ3v) is 5.45. The van der Waals surface area contributed by atoms with E-state index in [0.717, 1.165) is 12.1 Å². The van der Waals surface area contributed by atoms with E-state index in [1.165, 1.54) is 45.4 Å². The van der Waals surface area contributed by atoms with E-state index in [0.29, 0.717) is 5.75 Å². The van der Waals surface area contributed by atoms with Crippen LogP contribution in [-0.2, 0) is 14.8 Å². The first-order chi connectivity index (χ1) is 12.7. The molecule has 0 spiro atoms. The summed E-state index contributed by atoms with van der Waals surface area (Å²) in [6.45, 7) is 1.32. The van der Waals surface area contributed by atoms with Gasteiger partial charge in [0.15, 0.2) is 0 Å². The number of carbonyl (C=O) groups is 1. The van der Waals surface area contributed by atoms with Crippen molar-refractivity contribution in [1.29, 1.82) is 0 Å². The molecule has 0 saturated carbocycles. The Morgan fingerprint density at radius 2 is 1.78 bits per heavy atom. The number of benzene rings is 2. The van der Waals surface area contributed by atoms with Gasteiger partial charge in [-0.25, -0.2) is 12.8 Å². The van der Waals surface area contributed by atoms with E-state index < -0.39 is 32.7 Å². The molecule has 2 N–H and O–H groups in total. The van der Waals surface area contributed by atoms with Crippen LogP contribution >= 0.6 is 11.6 Å². The Kier molecular flexibility index (Phi) is 6.63. The Hall–Kier alpha value is -2.36. The van der Waals surface area contributed by atoms with Gasteiger partial charge in [-0.1, -0.05) is 23.7 Å². The minimum absolute atomic E-state index is 0.227. The number of anilines is 1. The molecule has 0 saturated heterocycles. The molecule has 0 heterocycles. The van der Waals surface area contributed by atoms with Gasteiger partial charge in [-0.2, -0.15) is 4.72 Å². The summed E-state index contributed by atoms with van der Waals surface area (Å²) in [4.78, 5) is 11.8. The molecule has 1 amide bonds. The average molecular weight is 417 g/mol. The second-order valence-corrected chi connectivity index (χ2v) is 7.54. The molecule has 2 rings (SSSR count). The molecule has 0 fully saturated rings. The zero-order valence-corrected chi connectivity index (χ0v) is 16.3. The Labute approximate surface area is 161 Å². The number of rotatable bonds is 7. The molecule has 1 atom stereocenters. The van der Waals surface area contributed by atoms with E-state index >= 15 is 0 Å². The fourth-order valence-electron chi connectivity index (χ4n) is 2.21. The van der Waals surface area contributed by atoms with Crippen LogP contribution in [0.25, 0.3) is 0 Å². The number of amides is 1. The van der Waals surface area contributed by atoms with Crippen molar-refractivity contribution in [2.45, 2.75) is 17.9 Å². The van der Waals surface area contributed by atoms with E-state index in [1.54, 1.807) is 0 Å². The topological polar surface area (TPSA) is 93.7 Å². The molecule has 0 unspecified atom stereocenters. The van der Waals surface area contributed by atoms with Gasteiger partial charge in [0.1, 0.15) is 22.2 Å². The van der Waals surface area contributed by atoms with Gasteiger partial charge in [0.25, 0.3) is 0 Å². The first kappa shape index (κ1) is 20.9. The van der Waals surface area contributed by atoms with Gasteiger partial charge in [0, 0.05) is 6.07 Å². The Morgan fingerprint density at radius 1 is 1.15 bits per heavy atom. The molecule has 27 heavy (non-hydrogen) atoms. The molecule has 7 nitrogen and oxygen atoms in total. The molecule has 0 aromatic heterocycles. The van der Waals surface area contributed by atoms with Crippen LogP contribution < -0.4 is 19.5 Å². The molecule has 0 radical (unpaired) electrons. The van der Waals surface area contributed by atoms with Crippen LogP contribution in [0.1, 0.15) is 6.92 Å². The van der Waals surface area contributed by atoms with Crippen molar-refractivity contribution in [1.82, 2.24) is 4.72 Å². The number of carbonyl (C=O) groups excluding carboxylic acids is 1. The number of sulfonamides is 1. The lowest BCUT2D eigenvalue weighted by Gasteiger charge is -2.17. The van der Waals surface area contributed by atoms with Crippen LogP contribution in [0.4, 0.5) is 10.1 Å². The maximum absolute atomic E-state index is 13.7.